The fourth-order valence-corrected chi connectivity index (χ4v) is 12.9. The van der Waals surface area contributed by atoms with Crippen molar-refractivity contribution in [3.63, 3.8) is 0 Å². The molecule has 0 N–H and O–H groups in total. The van der Waals surface area contributed by atoms with Gasteiger partial charge in [0.15, 0.2) is 24.8 Å². The number of fused-ring (bicyclic) bond motifs is 12. The van der Waals surface area contributed by atoms with E-state index in [1.165, 1.54) is 78.8 Å². The second-order valence-corrected chi connectivity index (χ2v) is 24.6. The second-order valence-electron chi connectivity index (χ2n) is 24.6. The van der Waals surface area contributed by atoms with Crippen LogP contribution >= 0.6 is 0 Å². The number of hydrogen-bond donors (Lipinski definition) is 0. The molecule has 1 unspecified atom stereocenters. The van der Waals surface area contributed by atoms with E-state index in [-0.39, 0.29) is 6.42 Å². The number of aryl methyl sites for hydroxylation is 12. The lowest BCUT2D eigenvalue weighted by Gasteiger charge is -2.08. The Balaban J connectivity index is 0.000000119. The van der Waals surface area contributed by atoms with Gasteiger partial charge < -0.3 is 17.7 Å². The molecule has 8 aromatic heterocycles. The van der Waals surface area contributed by atoms with Gasteiger partial charge in [0, 0.05) is 99.7 Å². The van der Waals surface area contributed by atoms with E-state index in [0.29, 0.717) is 5.56 Å². The van der Waals surface area contributed by atoms with Gasteiger partial charge in [0.25, 0.3) is 0 Å². The van der Waals surface area contributed by atoms with Gasteiger partial charge in [-0.3, -0.25) is 0 Å². The molecule has 0 spiro atoms. The van der Waals surface area contributed by atoms with Crippen molar-refractivity contribution in [2.45, 2.75) is 81.4 Å². The highest BCUT2D eigenvalue weighted by atomic mass is 16.3. The summed E-state index contributed by atoms with van der Waals surface area (Å²) in [5, 5.41) is 9.13. The molecule has 16 rings (SSSR count). The SMILES string of the molecule is Cc1cc(-c2cc3oc4ccccc4c3cc2C)[n+](C)cc1C.Cc1cc[n+](C)c(-c2c(C)ccc3c2oc2ccccc23)c1.[2H]C([2H])([2H])C([2H])(C)c1ccc(-c2cc3oc4ccccc4c3cc2C)[n+](C)c1.[2H]C([2H])([2H])Cc1ccc(-c2cc3oc4ccccc4c3cc2C)[n+](C)c1. The number of rotatable bonds is 6. The summed E-state index contributed by atoms with van der Waals surface area (Å²) in [5.41, 5.74) is 26.0. The number of benzene rings is 8. The average molecular weight is 1220 g/mol. The number of para-hydroxylation sites is 4. The number of nitrogens with zero attached hydrogens (tertiary/aromatic N) is 4. The van der Waals surface area contributed by atoms with Gasteiger partial charge in [0.2, 0.25) is 22.8 Å². The molecule has 8 heterocycles. The van der Waals surface area contributed by atoms with Crippen LogP contribution in [0.25, 0.3) is 133 Å². The molecule has 8 aromatic carbocycles. The quantitative estimate of drug-likeness (QED) is 0.156. The molecular weight excluding hydrogens is 1130 g/mol. The van der Waals surface area contributed by atoms with Crippen LogP contribution < -0.4 is 18.3 Å². The third kappa shape index (κ3) is 11.4. The highest BCUT2D eigenvalue weighted by Gasteiger charge is 2.23. The van der Waals surface area contributed by atoms with E-state index in [1.807, 2.05) is 114 Å². The Morgan fingerprint density at radius 3 is 1.34 bits per heavy atom. The zero-order valence-electron chi connectivity index (χ0n) is 61.3. The molecule has 92 heavy (non-hydrogen) atoms. The summed E-state index contributed by atoms with van der Waals surface area (Å²) >= 11 is 0. The summed E-state index contributed by atoms with van der Waals surface area (Å²) in [6.07, 6.45) is 7.99. The largest absolute Gasteiger partial charge is 0.456 e. The van der Waals surface area contributed by atoms with Gasteiger partial charge >= 0.3 is 0 Å². The van der Waals surface area contributed by atoms with Crippen LogP contribution in [0.3, 0.4) is 0 Å². The summed E-state index contributed by atoms with van der Waals surface area (Å²) in [6, 6.07) is 63.7. The van der Waals surface area contributed by atoms with Crippen molar-refractivity contribution in [3.8, 4) is 45.0 Å². The first-order chi connectivity index (χ1) is 47.1. The van der Waals surface area contributed by atoms with Gasteiger partial charge in [0.1, 0.15) is 72.9 Å². The van der Waals surface area contributed by atoms with Gasteiger partial charge in [0.05, 0.1) is 22.3 Å². The molecule has 8 heteroatoms. The van der Waals surface area contributed by atoms with Crippen LogP contribution in [-0.4, -0.2) is 0 Å². The minimum atomic E-state index is -2.40. The molecule has 0 fully saturated rings. The van der Waals surface area contributed by atoms with Crippen LogP contribution in [-0.2, 0) is 34.6 Å². The third-order valence-electron chi connectivity index (χ3n) is 18.0. The van der Waals surface area contributed by atoms with Crippen molar-refractivity contribution in [1.82, 2.24) is 0 Å². The van der Waals surface area contributed by atoms with Crippen molar-refractivity contribution in [2.75, 3.05) is 0 Å². The first-order valence-corrected chi connectivity index (χ1v) is 31.2. The lowest BCUT2D eigenvalue weighted by molar-refractivity contribution is -0.661. The Bertz CT molecular complexity index is 5830. The molecule has 16 aromatic rings. The maximum Gasteiger partial charge on any atom is 0.216 e. The minimum Gasteiger partial charge on any atom is -0.456 e. The van der Waals surface area contributed by atoms with Gasteiger partial charge in [-0.2, -0.15) is 0 Å². The van der Waals surface area contributed by atoms with Crippen molar-refractivity contribution in [2.24, 2.45) is 28.2 Å². The average Bonchev–Trinajstić information content (AvgIpc) is 1.70. The van der Waals surface area contributed by atoms with Crippen molar-refractivity contribution in [1.29, 1.82) is 0 Å². The number of furan rings is 4. The van der Waals surface area contributed by atoms with Gasteiger partial charge in [-0.25, -0.2) is 18.3 Å². The third-order valence-corrected chi connectivity index (χ3v) is 18.0. The zero-order valence-corrected chi connectivity index (χ0v) is 54.3. The maximum absolute atomic E-state index is 8.31. The van der Waals surface area contributed by atoms with Crippen molar-refractivity contribution in [3.05, 3.63) is 263 Å². The number of pyridine rings is 4. The molecular formula is C84H80N4O4+4. The van der Waals surface area contributed by atoms with E-state index in [2.05, 4.69) is 181 Å². The van der Waals surface area contributed by atoms with E-state index >= 15 is 0 Å². The molecule has 0 aliphatic heterocycles. The standard InChI is InChI=1S/C22H22NO.2C21H20NO.C20H18NO/c1-14(2)16-9-10-20(23(4)13-16)18-12-22-19(11-15(18)3)17-7-5-6-8-21(17)24-22;1-13-10-19(22(4)12-15(13)3)17-11-21-18(9-14(17)2)16-7-5-6-8-20(16)23-21;1-4-15-9-10-19(22(3)13-15)17-12-21-18(11-14(17)2)16-7-5-6-8-20(16)23-21;1-13-10-11-21(3)17(12-13)19-14(2)8-9-16-15-6-4-5-7-18(15)22-20(16)19/h5-14H,1-4H3;5-12H,1-4H3;5-13H,4H2,1-3H3;4-12H,1-3H3/q4*+1/i1D3,14D;;1D3;. The first-order valence-electron chi connectivity index (χ1n) is 34.7. The molecule has 8 nitrogen and oxygen atoms in total. The zero-order chi connectivity index (χ0) is 70.1. The Hall–Kier alpha value is -10.4. The molecule has 0 amide bonds. The van der Waals surface area contributed by atoms with Crippen molar-refractivity contribution < 1.29 is 45.5 Å². The van der Waals surface area contributed by atoms with Crippen LogP contribution in [0.4, 0.5) is 0 Å². The smallest absolute Gasteiger partial charge is 0.216 e. The molecule has 0 aliphatic rings. The van der Waals surface area contributed by atoms with E-state index in [4.69, 9.17) is 27.3 Å². The van der Waals surface area contributed by atoms with Crippen LogP contribution in [0.2, 0.25) is 0 Å². The summed E-state index contributed by atoms with van der Waals surface area (Å²) in [7, 11) is 8.00. The number of aromatic nitrogens is 4. The molecule has 0 saturated carbocycles. The monoisotopic (exact) mass is 1220 g/mol. The molecule has 1 atom stereocenters. The molecule has 0 saturated heterocycles. The lowest BCUT2D eigenvalue weighted by Crippen LogP contribution is -2.31. The Kier molecular flexibility index (Phi) is 14.1. The molecule has 0 bridgehead atoms. The Morgan fingerprint density at radius 1 is 0.370 bits per heavy atom. The van der Waals surface area contributed by atoms with Gasteiger partial charge in [-0.05, 0) is 167 Å². The highest BCUT2D eigenvalue weighted by Crippen LogP contribution is 2.39. The fraction of sp³-hybridized carbons (Fsp3) is 0.190. The van der Waals surface area contributed by atoms with E-state index < -0.39 is 19.6 Å². The predicted molar refractivity (Wildman–Crippen MR) is 378 cm³/mol. The van der Waals surface area contributed by atoms with Crippen LogP contribution in [0.15, 0.2) is 231 Å². The van der Waals surface area contributed by atoms with E-state index in [9.17, 15) is 0 Å². The van der Waals surface area contributed by atoms with Gasteiger partial charge in [-0.1, -0.05) is 106 Å². The maximum atomic E-state index is 8.31. The molecule has 0 aliphatic carbocycles. The van der Waals surface area contributed by atoms with E-state index in [1.54, 1.807) is 12.3 Å². The molecule has 456 valence electrons. The predicted octanol–water partition coefficient (Wildman–Crippen LogP) is 20.2. The summed E-state index contributed by atoms with van der Waals surface area (Å²) < 4.78 is 86.1. The second kappa shape index (κ2) is 24.7. The fourth-order valence-electron chi connectivity index (χ4n) is 12.9. The summed E-state index contributed by atoms with van der Waals surface area (Å²) in [6.45, 7) is 12.0. The normalized spacial score (nSPS) is 13.5. The van der Waals surface area contributed by atoms with Gasteiger partial charge in [-0.15, -0.1) is 0 Å². The Morgan fingerprint density at radius 2 is 0.837 bits per heavy atom. The van der Waals surface area contributed by atoms with Crippen molar-refractivity contribution >= 4 is 87.8 Å². The first kappa shape index (κ1) is 52.3. The number of hydrogen-bond acceptors (Lipinski definition) is 4. The highest BCUT2D eigenvalue weighted by molar-refractivity contribution is 6.11. The lowest BCUT2D eigenvalue weighted by atomic mass is 9.99. The molecule has 0 radical (unpaired) electrons. The topological polar surface area (TPSA) is 68.1 Å². The van der Waals surface area contributed by atoms with Crippen LogP contribution in [0.5, 0.6) is 0 Å². The summed E-state index contributed by atoms with van der Waals surface area (Å²) in [5.74, 6) is -1.67. The van der Waals surface area contributed by atoms with Crippen LogP contribution in [0.1, 0.15) is 86.2 Å². The Labute approximate surface area is 548 Å². The minimum absolute atomic E-state index is 0.0721. The van der Waals surface area contributed by atoms with E-state index in [0.717, 1.165) is 105 Å². The van der Waals surface area contributed by atoms with Crippen LogP contribution in [0, 0.1) is 48.5 Å². The summed E-state index contributed by atoms with van der Waals surface area (Å²) in [4.78, 5) is 0.